The normalized spacial score (nSPS) is 24.2. The predicted molar refractivity (Wildman–Crippen MR) is 125 cm³/mol. The summed E-state index contributed by atoms with van der Waals surface area (Å²) in [6.45, 7) is 0. The van der Waals surface area contributed by atoms with Gasteiger partial charge >= 0.3 is 5.97 Å². The monoisotopic (exact) mass is 466 g/mol. The van der Waals surface area contributed by atoms with Crippen LogP contribution in [0.2, 0.25) is 5.02 Å². The summed E-state index contributed by atoms with van der Waals surface area (Å²) in [5.74, 6) is -2.39. The van der Waals surface area contributed by atoms with Crippen molar-refractivity contribution in [3.8, 4) is 0 Å². The van der Waals surface area contributed by atoms with Crippen LogP contribution in [0.25, 0.3) is 0 Å². The summed E-state index contributed by atoms with van der Waals surface area (Å²) in [6.07, 6.45) is 4.80. The zero-order valence-corrected chi connectivity index (χ0v) is 19.0. The van der Waals surface area contributed by atoms with Gasteiger partial charge in [0.05, 0.1) is 5.92 Å². The van der Waals surface area contributed by atoms with Crippen LogP contribution in [0.3, 0.4) is 0 Å². The van der Waals surface area contributed by atoms with Gasteiger partial charge in [-0.1, -0.05) is 36.2 Å². The zero-order valence-electron chi connectivity index (χ0n) is 18.3. The summed E-state index contributed by atoms with van der Waals surface area (Å²) >= 11 is 5.92. The minimum absolute atomic E-state index is 0.181. The number of para-hydroxylation sites is 1. The summed E-state index contributed by atoms with van der Waals surface area (Å²) in [5.41, 5.74) is 5.11. The van der Waals surface area contributed by atoms with Gasteiger partial charge in [0.1, 0.15) is 0 Å². The van der Waals surface area contributed by atoms with E-state index in [2.05, 4.69) is 10.8 Å². The van der Waals surface area contributed by atoms with Crippen LogP contribution in [0.15, 0.2) is 48.5 Å². The number of benzene rings is 2. The first kappa shape index (κ1) is 22.1. The molecule has 1 heterocycles. The molecule has 3 aliphatic rings. The van der Waals surface area contributed by atoms with E-state index in [4.69, 9.17) is 16.4 Å². The molecule has 0 radical (unpaired) electrons. The van der Waals surface area contributed by atoms with E-state index >= 15 is 0 Å². The summed E-state index contributed by atoms with van der Waals surface area (Å²) in [6, 6.07) is 14.6. The third kappa shape index (κ3) is 4.68. The highest BCUT2D eigenvalue weighted by Crippen LogP contribution is 2.50. The van der Waals surface area contributed by atoms with Crippen LogP contribution in [0.5, 0.6) is 0 Å². The van der Waals surface area contributed by atoms with Crippen molar-refractivity contribution in [3.05, 3.63) is 64.7 Å². The first-order valence-corrected chi connectivity index (χ1v) is 12.0. The van der Waals surface area contributed by atoms with Gasteiger partial charge in [0.2, 0.25) is 11.6 Å². The van der Waals surface area contributed by atoms with E-state index in [-0.39, 0.29) is 35.9 Å². The Morgan fingerprint density at radius 1 is 1.03 bits per heavy atom. The molecule has 7 heteroatoms. The number of anilines is 1. The van der Waals surface area contributed by atoms with E-state index in [1.807, 2.05) is 24.3 Å². The summed E-state index contributed by atoms with van der Waals surface area (Å²) in [7, 11) is 0. The second-order valence-electron chi connectivity index (χ2n) is 9.34. The Morgan fingerprint density at radius 2 is 1.79 bits per heavy atom. The zero-order chi connectivity index (χ0) is 22.9. The topological polar surface area (TPSA) is 84.5 Å². The standard InChI is InChI=1S/C26H27ClN2O4/c27-16-10-8-15(9-11-16)25(31)23(30)14-20(26(32)33-29-17-12-13-17)24-18-4-1-2-6-21(18)28-22-7-3-5-19(22)24/h1-2,4,6,8-11,17,19-20,22,24,28-29H,3,5,7,12-14H2. The van der Waals surface area contributed by atoms with Crippen LogP contribution >= 0.6 is 11.6 Å². The van der Waals surface area contributed by atoms with Crippen LogP contribution in [0.1, 0.15) is 60.4 Å². The van der Waals surface area contributed by atoms with Crippen molar-refractivity contribution in [2.75, 3.05) is 5.32 Å². The Morgan fingerprint density at radius 3 is 2.55 bits per heavy atom. The number of carbonyl (C=O) groups excluding carboxylic acids is 3. The molecule has 0 bridgehead atoms. The minimum atomic E-state index is -0.742. The molecular formula is C26H27ClN2O4. The van der Waals surface area contributed by atoms with Crippen LogP contribution in [-0.4, -0.2) is 29.6 Å². The average molecular weight is 467 g/mol. The number of ketones is 2. The first-order chi connectivity index (χ1) is 16.0. The maximum atomic E-state index is 13.3. The van der Waals surface area contributed by atoms with E-state index in [1.165, 1.54) is 12.1 Å². The maximum absolute atomic E-state index is 13.3. The van der Waals surface area contributed by atoms with Gasteiger partial charge in [-0.2, -0.15) is 5.48 Å². The molecule has 4 atom stereocenters. The van der Waals surface area contributed by atoms with Gasteiger partial charge in [0.15, 0.2) is 0 Å². The molecule has 2 aliphatic carbocycles. The quantitative estimate of drug-likeness (QED) is 0.333. The second kappa shape index (κ2) is 9.27. The third-order valence-electron chi connectivity index (χ3n) is 7.10. The Labute approximate surface area is 198 Å². The number of Topliss-reactive ketones (excluding diaryl/α,β-unsaturated/α-hetero) is 2. The number of fused-ring (bicyclic) bond motifs is 2. The third-order valence-corrected chi connectivity index (χ3v) is 7.35. The van der Waals surface area contributed by atoms with Crippen molar-refractivity contribution in [1.29, 1.82) is 0 Å². The van der Waals surface area contributed by atoms with Gasteiger partial charge in [0.25, 0.3) is 0 Å². The van der Waals surface area contributed by atoms with Crippen LogP contribution in [0.4, 0.5) is 5.69 Å². The van der Waals surface area contributed by atoms with Gasteiger partial charge in [-0.05, 0) is 67.5 Å². The maximum Gasteiger partial charge on any atom is 0.328 e. The highest BCUT2D eigenvalue weighted by molar-refractivity contribution is 6.44. The van der Waals surface area contributed by atoms with Gasteiger partial charge < -0.3 is 10.2 Å². The molecule has 2 aromatic carbocycles. The lowest BCUT2D eigenvalue weighted by Gasteiger charge is -2.40. The lowest BCUT2D eigenvalue weighted by Crippen LogP contribution is -2.42. The van der Waals surface area contributed by atoms with Crippen molar-refractivity contribution in [3.63, 3.8) is 0 Å². The van der Waals surface area contributed by atoms with Gasteiger partial charge in [0, 0.05) is 40.7 Å². The number of halogens is 1. The molecule has 2 aromatic rings. The number of hydrogen-bond acceptors (Lipinski definition) is 6. The number of hydroxylamine groups is 1. The molecule has 2 N–H and O–H groups in total. The fraction of sp³-hybridized carbons (Fsp3) is 0.423. The van der Waals surface area contributed by atoms with E-state index in [1.54, 1.807) is 12.1 Å². The molecule has 1 aliphatic heterocycles. The van der Waals surface area contributed by atoms with Gasteiger partial charge in [-0.3, -0.25) is 14.4 Å². The fourth-order valence-corrected chi connectivity index (χ4v) is 5.42. The Balaban J connectivity index is 1.45. The van der Waals surface area contributed by atoms with Crippen LogP contribution in [0, 0.1) is 11.8 Å². The molecule has 2 saturated carbocycles. The molecule has 33 heavy (non-hydrogen) atoms. The molecule has 5 rings (SSSR count). The van der Waals surface area contributed by atoms with E-state index < -0.39 is 23.5 Å². The van der Waals surface area contributed by atoms with Gasteiger partial charge in [-0.15, -0.1) is 0 Å². The highest BCUT2D eigenvalue weighted by Gasteiger charge is 2.47. The molecular weight excluding hydrogens is 440 g/mol. The number of hydrogen-bond donors (Lipinski definition) is 2. The molecule has 0 spiro atoms. The summed E-state index contributed by atoms with van der Waals surface area (Å²) in [4.78, 5) is 44.8. The van der Waals surface area contributed by atoms with Crippen molar-refractivity contribution in [2.24, 2.45) is 11.8 Å². The van der Waals surface area contributed by atoms with Crippen molar-refractivity contribution >= 4 is 34.8 Å². The summed E-state index contributed by atoms with van der Waals surface area (Å²) < 4.78 is 0. The van der Waals surface area contributed by atoms with Crippen LogP contribution in [-0.2, 0) is 14.4 Å². The largest absolute Gasteiger partial charge is 0.382 e. The van der Waals surface area contributed by atoms with Crippen molar-refractivity contribution in [1.82, 2.24) is 5.48 Å². The first-order valence-electron chi connectivity index (χ1n) is 11.7. The van der Waals surface area contributed by atoms with E-state index in [0.29, 0.717) is 5.02 Å². The average Bonchev–Trinajstić information content (AvgIpc) is 3.55. The lowest BCUT2D eigenvalue weighted by molar-refractivity contribution is -0.159. The van der Waals surface area contributed by atoms with Crippen molar-refractivity contribution < 1.29 is 19.2 Å². The number of rotatable bonds is 8. The van der Waals surface area contributed by atoms with Gasteiger partial charge in [-0.25, -0.2) is 0 Å². The Bertz CT molecular complexity index is 1070. The van der Waals surface area contributed by atoms with E-state index in [9.17, 15) is 14.4 Å². The second-order valence-corrected chi connectivity index (χ2v) is 9.78. The molecule has 0 saturated heterocycles. The molecule has 6 nitrogen and oxygen atoms in total. The van der Waals surface area contributed by atoms with Crippen molar-refractivity contribution in [2.45, 2.75) is 56.5 Å². The SMILES string of the molecule is O=C(CC(C(=O)ONC1CC1)C1c2ccccc2NC2CCCC21)C(=O)c1ccc(Cl)cc1. The highest BCUT2D eigenvalue weighted by atomic mass is 35.5. The Kier molecular flexibility index (Phi) is 6.21. The Hall–Kier alpha value is -2.70. The molecule has 4 unspecified atom stereocenters. The summed E-state index contributed by atoms with van der Waals surface area (Å²) in [5, 5.41) is 4.11. The fourth-order valence-electron chi connectivity index (χ4n) is 5.29. The predicted octanol–water partition coefficient (Wildman–Crippen LogP) is 4.69. The lowest BCUT2D eigenvalue weighted by atomic mass is 9.70. The smallest absolute Gasteiger partial charge is 0.328 e. The minimum Gasteiger partial charge on any atom is -0.382 e. The number of carbonyl (C=O) groups is 3. The van der Waals surface area contributed by atoms with Crippen LogP contribution < -0.4 is 10.8 Å². The molecule has 2 fully saturated rings. The number of nitrogens with one attached hydrogen (secondary N) is 2. The molecule has 0 aromatic heterocycles. The molecule has 0 amide bonds. The van der Waals surface area contributed by atoms with E-state index in [0.717, 1.165) is 43.4 Å². The molecule has 172 valence electrons.